The highest BCUT2D eigenvalue weighted by atomic mass is 35.5. The van der Waals surface area contributed by atoms with Crippen LogP contribution >= 0.6 is 11.6 Å². The van der Waals surface area contributed by atoms with Gasteiger partial charge in [0.25, 0.3) is 0 Å². The molecule has 100 valence electrons. The van der Waals surface area contributed by atoms with Gasteiger partial charge in [-0.2, -0.15) is 0 Å². The summed E-state index contributed by atoms with van der Waals surface area (Å²) in [5, 5.41) is 18.7. The quantitative estimate of drug-likeness (QED) is 0.709. The summed E-state index contributed by atoms with van der Waals surface area (Å²) in [6.45, 7) is 1.82. The molecule has 0 bridgehead atoms. The van der Waals surface area contributed by atoms with Gasteiger partial charge in [0.05, 0.1) is 11.4 Å². The van der Waals surface area contributed by atoms with Gasteiger partial charge in [-0.25, -0.2) is 4.98 Å². The van der Waals surface area contributed by atoms with Crippen LogP contribution in [0.5, 0.6) is 5.75 Å². The van der Waals surface area contributed by atoms with E-state index in [0.29, 0.717) is 27.9 Å². The molecule has 1 N–H and O–H groups in total. The van der Waals surface area contributed by atoms with E-state index in [1.54, 1.807) is 34.9 Å². The third-order valence-corrected chi connectivity index (χ3v) is 3.08. The predicted octanol–water partition coefficient (Wildman–Crippen LogP) is 4.42. The number of nitrogens with zero attached hydrogens (tertiary/aromatic N) is 4. The van der Waals surface area contributed by atoms with Crippen LogP contribution in [0.2, 0.25) is 5.02 Å². The first-order chi connectivity index (χ1) is 9.65. The van der Waals surface area contributed by atoms with E-state index in [1.165, 1.54) is 0 Å². The number of aromatic nitrogens is 2. The standard InChI is InChI=1S/C14H11ClN4O/c1-9-13(18-17-11-5-2-4-10(15)8-11)19-7-3-6-12(20)14(19)16-9/h2-8,20H,1H3. The SMILES string of the molecule is Cc1nc2c(O)cccn2c1N=Nc1cccc(Cl)c1. The van der Waals surface area contributed by atoms with E-state index in [2.05, 4.69) is 15.2 Å². The molecule has 0 spiro atoms. The van der Waals surface area contributed by atoms with Crippen molar-refractivity contribution in [1.82, 2.24) is 9.38 Å². The van der Waals surface area contributed by atoms with Gasteiger partial charge in [-0.15, -0.1) is 10.2 Å². The van der Waals surface area contributed by atoms with Gasteiger partial charge in [-0.05, 0) is 37.3 Å². The molecular weight excluding hydrogens is 276 g/mol. The molecule has 2 aromatic heterocycles. The Hall–Kier alpha value is -2.40. The van der Waals surface area contributed by atoms with Crippen LogP contribution in [0.4, 0.5) is 11.5 Å². The van der Waals surface area contributed by atoms with Crippen molar-refractivity contribution in [2.75, 3.05) is 0 Å². The van der Waals surface area contributed by atoms with Gasteiger partial charge in [0.15, 0.2) is 17.2 Å². The minimum absolute atomic E-state index is 0.111. The number of halogens is 1. The van der Waals surface area contributed by atoms with E-state index in [4.69, 9.17) is 11.6 Å². The van der Waals surface area contributed by atoms with E-state index >= 15 is 0 Å². The van der Waals surface area contributed by atoms with Gasteiger partial charge in [0, 0.05) is 11.2 Å². The minimum atomic E-state index is 0.111. The zero-order chi connectivity index (χ0) is 14.1. The number of fused-ring (bicyclic) bond motifs is 1. The highest BCUT2D eigenvalue weighted by molar-refractivity contribution is 6.30. The fourth-order valence-corrected chi connectivity index (χ4v) is 2.10. The lowest BCUT2D eigenvalue weighted by Crippen LogP contribution is -1.82. The van der Waals surface area contributed by atoms with Crippen molar-refractivity contribution in [3.63, 3.8) is 0 Å². The average molecular weight is 287 g/mol. The number of azo groups is 1. The van der Waals surface area contributed by atoms with Crippen LogP contribution in [0.15, 0.2) is 52.8 Å². The number of benzene rings is 1. The van der Waals surface area contributed by atoms with E-state index in [1.807, 2.05) is 19.1 Å². The third kappa shape index (κ3) is 2.23. The molecule has 0 unspecified atom stereocenters. The number of pyridine rings is 1. The molecule has 3 aromatic rings. The van der Waals surface area contributed by atoms with E-state index in [9.17, 15) is 5.11 Å². The van der Waals surface area contributed by atoms with Crippen LogP contribution in [-0.2, 0) is 0 Å². The number of rotatable bonds is 2. The Bertz CT molecular complexity index is 810. The van der Waals surface area contributed by atoms with Crippen molar-refractivity contribution in [1.29, 1.82) is 0 Å². The Morgan fingerprint density at radius 3 is 2.85 bits per heavy atom. The van der Waals surface area contributed by atoms with Crippen LogP contribution in [0, 0.1) is 6.92 Å². The van der Waals surface area contributed by atoms with Gasteiger partial charge < -0.3 is 5.11 Å². The molecule has 2 heterocycles. The van der Waals surface area contributed by atoms with Gasteiger partial charge in [-0.1, -0.05) is 17.7 Å². The smallest absolute Gasteiger partial charge is 0.182 e. The Morgan fingerprint density at radius 1 is 1.20 bits per heavy atom. The molecule has 5 nitrogen and oxygen atoms in total. The molecule has 0 fully saturated rings. The van der Waals surface area contributed by atoms with Gasteiger partial charge in [0.1, 0.15) is 0 Å². The zero-order valence-corrected chi connectivity index (χ0v) is 11.4. The molecule has 0 radical (unpaired) electrons. The number of aromatic hydroxyl groups is 1. The molecule has 0 saturated heterocycles. The molecule has 1 aromatic carbocycles. The summed E-state index contributed by atoms with van der Waals surface area (Å²) in [6.07, 6.45) is 1.78. The summed E-state index contributed by atoms with van der Waals surface area (Å²) in [4.78, 5) is 4.28. The van der Waals surface area contributed by atoms with Crippen LogP contribution in [0.25, 0.3) is 5.65 Å². The van der Waals surface area contributed by atoms with E-state index in [0.717, 1.165) is 0 Å². The molecule has 20 heavy (non-hydrogen) atoms. The lowest BCUT2D eigenvalue weighted by Gasteiger charge is -1.97. The van der Waals surface area contributed by atoms with Crippen LogP contribution in [0.1, 0.15) is 5.69 Å². The fourth-order valence-electron chi connectivity index (χ4n) is 1.92. The summed E-state index contributed by atoms with van der Waals surface area (Å²) < 4.78 is 1.69. The van der Waals surface area contributed by atoms with Crippen molar-refractivity contribution in [2.45, 2.75) is 6.92 Å². The zero-order valence-electron chi connectivity index (χ0n) is 10.7. The Morgan fingerprint density at radius 2 is 2.05 bits per heavy atom. The van der Waals surface area contributed by atoms with E-state index < -0.39 is 0 Å². The fraction of sp³-hybridized carbons (Fsp3) is 0.0714. The molecular formula is C14H11ClN4O. The Balaban J connectivity index is 2.07. The van der Waals surface area contributed by atoms with E-state index in [-0.39, 0.29) is 5.75 Å². The molecule has 0 aliphatic carbocycles. The molecule has 6 heteroatoms. The molecule has 0 atom stereocenters. The largest absolute Gasteiger partial charge is 0.504 e. The topological polar surface area (TPSA) is 62.2 Å². The number of imidazole rings is 1. The average Bonchev–Trinajstić information content (AvgIpc) is 2.74. The summed E-state index contributed by atoms with van der Waals surface area (Å²) in [6, 6.07) is 10.4. The maximum atomic E-state index is 9.76. The summed E-state index contributed by atoms with van der Waals surface area (Å²) in [5.41, 5.74) is 1.81. The Labute approximate surface area is 120 Å². The predicted molar refractivity (Wildman–Crippen MR) is 77.2 cm³/mol. The summed E-state index contributed by atoms with van der Waals surface area (Å²) in [7, 11) is 0. The van der Waals surface area contributed by atoms with Gasteiger partial charge >= 0.3 is 0 Å². The van der Waals surface area contributed by atoms with Crippen molar-refractivity contribution >= 4 is 28.8 Å². The lowest BCUT2D eigenvalue weighted by atomic mass is 10.3. The molecule has 0 aliphatic heterocycles. The maximum Gasteiger partial charge on any atom is 0.182 e. The third-order valence-electron chi connectivity index (χ3n) is 2.84. The number of aryl methyl sites for hydroxylation is 1. The highest BCUT2D eigenvalue weighted by Gasteiger charge is 2.10. The first-order valence-electron chi connectivity index (χ1n) is 5.99. The molecule has 0 saturated carbocycles. The number of hydrogen-bond acceptors (Lipinski definition) is 4. The summed E-state index contributed by atoms with van der Waals surface area (Å²) >= 11 is 5.90. The van der Waals surface area contributed by atoms with Crippen LogP contribution in [0.3, 0.4) is 0 Å². The molecule has 3 rings (SSSR count). The second-order valence-electron chi connectivity index (χ2n) is 4.29. The minimum Gasteiger partial charge on any atom is -0.504 e. The van der Waals surface area contributed by atoms with Gasteiger partial charge in [0.2, 0.25) is 0 Å². The lowest BCUT2D eigenvalue weighted by molar-refractivity contribution is 0.477. The maximum absolute atomic E-state index is 9.76. The van der Waals surface area contributed by atoms with Gasteiger partial charge in [-0.3, -0.25) is 4.40 Å². The van der Waals surface area contributed by atoms with Crippen LogP contribution < -0.4 is 0 Å². The molecule has 0 amide bonds. The van der Waals surface area contributed by atoms with Crippen molar-refractivity contribution in [3.8, 4) is 5.75 Å². The van der Waals surface area contributed by atoms with Crippen molar-refractivity contribution < 1.29 is 5.11 Å². The number of hydrogen-bond donors (Lipinski definition) is 1. The monoisotopic (exact) mass is 286 g/mol. The second-order valence-corrected chi connectivity index (χ2v) is 4.72. The summed E-state index contributed by atoms with van der Waals surface area (Å²) in [5.74, 6) is 0.690. The van der Waals surface area contributed by atoms with Crippen LogP contribution in [-0.4, -0.2) is 14.5 Å². The van der Waals surface area contributed by atoms with Crippen molar-refractivity contribution in [2.24, 2.45) is 10.2 Å². The first kappa shape index (κ1) is 12.6. The normalized spacial score (nSPS) is 11.5. The highest BCUT2D eigenvalue weighted by Crippen LogP contribution is 2.27. The van der Waals surface area contributed by atoms with Crippen molar-refractivity contribution in [3.05, 3.63) is 53.3 Å². The molecule has 0 aliphatic rings. The second kappa shape index (κ2) is 4.94. The first-order valence-corrected chi connectivity index (χ1v) is 6.37. The Kier molecular flexibility index (Phi) is 3.12.